The lowest BCUT2D eigenvalue weighted by molar-refractivity contribution is -0.136. The number of halogens is 2. The number of likely N-dealkylation sites (tertiary alicyclic amines) is 1. The minimum Gasteiger partial charge on any atom is -0.322 e. The van der Waals surface area contributed by atoms with Gasteiger partial charge < -0.3 is 9.80 Å². The fourth-order valence-corrected chi connectivity index (χ4v) is 5.69. The molecule has 1 atom stereocenters. The Kier molecular flexibility index (Phi) is 6.53. The van der Waals surface area contributed by atoms with Crippen LogP contribution in [-0.4, -0.2) is 53.2 Å². The summed E-state index contributed by atoms with van der Waals surface area (Å²) in [5.74, 6) is -1.31. The minimum absolute atomic E-state index is 0.183. The summed E-state index contributed by atoms with van der Waals surface area (Å²) in [5.41, 5.74) is 3.40. The van der Waals surface area contributed by atoms with E-state index in [-0.39, 0.29) is 24.2 Å². The van der Waals surface area contributed by atoms with Crippen LogP contribution in [0, 0.1) is 5.82 Å². The lowest BCUT2D eigenvalue weighted by Gasteiger charge is -2.33. The Hall–Kier alpha value is -2.58. The molecule has 2 aromatic carbocycles. The smallest absolute Gasteiger partial charge is 0.255 e. The molecule has 0 spiro atoms. The van der Waals surface area contributed by atoms with Crippen molar-refractivity contribution in [2.45, 2.75) is 50.6 Å². The van der Waals surface area contributed by atoms with E-state index in [1.807, 2.05) is 0 Å². The summed E-state index contributed by atoms with van der Waals surface area (Å²) >= 11 is 3.47. The first-order valence-corrected chi connectivity index (χ1v) is 12.6. The van der Waals surface area contributed by atoms with Gasteiger partial charge >= 0.3 is 0 Å². The first kappa shape index (κ1) is 23.2. The van der Waals surface area contributed by atoms with Crippen LogP contribution >= 0.6 is 15.9 Å². The van der Waals surface area contributed by atoms with Crippen molar-refractivity contribution in [2.75, 3.05) is 19.6 Å². The van der Waals surface area contributed by atoms with Gasteiger partial charge in [0.2, 0.25) is 11.8 Å². The Morgan fingerprint density at radius 1 is 1.03 bits per heavy atom. The van der Waals surface area contributed by atoms with Crippen molar-refractivity contribution in [3.63, 3.8) is 0 Å². The number of rotatable bonds is 5. The van der Waals surface area contributed by atoms with Gasteiger partial charge in [-0.05, 0) is 85.6 Å². The largest absolute Gasteiger partial charge is 0.322 e. The van der Waals surface area contributed by atoms with Crippen LogP contribution in [0.25, 0.3) is 0 Å². The highest BCUT2D eigenvalue weighted by Gasteiger charge is 2.41. The Balaban J connectivity index is 1.26. The van der Waals surface area contributed by atoms with Crippen LogP contribution < -0.4 is 5.32 Å². The van der Waals surface area contributed by atoms with E-state index in [1.54, 1.807) is 6.07 Å². The highest BCUT2D eigenvalue weighted by Crippen LogP contribution is 2.37. The number of hydrogen-bond donors (Lipinski definition) is 1. The molecule has 3 amide bonds. The van der Waals surface area contributed by atoms with E-state index in [2.05, 4.69) is 50.4 Å². The monoisotopic (exact) mass is 527 g/mol. The van der Waals surface area contributed by atoms with Crippen LogP contribution in [0.15, 0.2) is 40.9 Å². The van der Waals surface area contributed by atoms with Crippen LogP contribution in [0.1, 0.15) is 58.6 Å². The normalized spacial score (nSPS) is 21.6. The third kappa shape index (κ3) is 4.66. The second-order valence-corrected chi connectivity index (χ2v) is 10.3. The molecule has 0 bridgehead atoms. The van der Waals surface area contributed by atoms with Crippen molar-refractivity contribution in [1.29, 1.82) is 0 Å². The quantitative estimate of drug-likeness (QED) is 0.601. The first-order valence-electron chi connectivity index (χ1n) is 11.8. The molecule has 2 aromatic rings. The summed E-state index contributed by atoms with van der Waals surface area (Å²) < 4.78 is 15.6. The van der Waals surface area contributed by atoms with E-state index in [9.17, 15) is 18.8 Å². The molecule has 0 radical (unpaired) electrons. The van der Waals surface area contributed by atoms with Crippen LogP contribution in [-0.2, 0) is 22.6 Å². The van der Waals surface area contributed by atoms with Gasteiger partial charge in [-0.3, -0.25) is 19.7 Å². The molecule has 178 valence electrons. The number of nitrogens with zero attached hydrogens (tertiary/aromatic N) is 2. The number of fused-ring (bicyclic) bond motifs is 1. The van der Waals surface area contributed by atoms with Crippen molar-refractivity contribution in [2.24, 2.45) is 0 Å². The van der Waals surface area contributed by atoms with Gasteiger partial charge in [-0.2, -0.15) is 0 Å². The number of carbonyl (C=O) groups is 3. The molecule has 3 heterocycles. The number of carbonyl (C=O) groups excluding carboxylic acids is 3. The maximum absolute atomic E-state index is 14.6. The molecule has 1 unspecified atom stereocenters. The van der Waals surface area contributed by atoms with Crippen molar-refractivity contribution < 1.29 is 18.8 Å². The van der Waals surface area contributed by atoms with E-state index in [0.717, 1.165) is 54.5 Å². The predicted octanol–water partition coefficient (Wildman–Crippen LogP) is 3.77. The van der Waals surface area contributed by atoms with Crippen molar-refractivity contribution in [3.8, 4) is 0 Å². The summed E-state index contributed by atoms with van der Waals surface area (Å²) in [6, 6.07) is 10.6. The molecule has 34 heavy (non-hydrogen) atoms. The van der Waals surface area contributed by atoms with Crippen LogP contribution in [0.4, 0.5) is 4.39 Å². The first-order chi connectivity index (χ1) is 16.4. The van der Waals surface area contributed by atoms with Crippen molar-refractivity contribution >= 4 is 33.7 Å². The summed E-state index contributed by atoms with van der Waals surface area (Å²) in [6.45, 7) is 3.13. The lowest BCUT2D eigenvalue weighted by Crippen LogP contribution is -2.52. The fourth-order valence-electron chi connectivity index (χ4n) is 5.42. The zero-order valence-corrected chi connectivity index (χ0v) is 20.4. The zero-order valence-electron chi connectivity index (χ0n) is 18.9. The summed E-state index contributed by atoms with van der Waals surface area (Å²) in [4.78, 5) is 40.9. The molecule has 3 aliphatic heterocycles. The molecular formula is C26H27BrFN3O3. The zero-order chi connectivity index (χ0) is 23.8. The van der Waals surface area contributed by atoms with Gasteiger partial charge in [0.05, 0.1) is 0 Å². The fraction of sp³-hybridized carbons (Fsp3) is 0.423. The molecular weight excluding hydrogens is 501 g/mol. The standard InChI is InChI=1S/C26H27BrFN3O3/c27-18-3-1-16(2-4-18)7-10-30-11-8-17(9-12-30)20-13-19(28)14-21-22(20)15-31(26(21)34)23-5-6-24(32)29-25(23)33/h1-4,13-14,17,23H,5-12,15H2,(H,29,32,33). The molecule has 2 saturated heterocycles. The molecule has 0 aliphatic carbocycles. The van der Waals surface area contributed by atoms with E-state index < -0.39 is 17.8 Å². The van der Waals surface area contributed by atoms with Gasteiger partial charge in [0, 0.05) is 29.5 Å². The maximum atomic E-state index is 14.6. The SMILES string of the molecule is O=C1CCC(N2Cc3c(cc(F)cc3C3CCN(CCc4ccc(Br)cc4)CC3)C2=O)C(=O)N1. The van der Waals surface area contributed by atoms with E-state index in [0.29, 0.717) is 18.5 Å². The van der Waals surface area contributed by atoms with Crippen LogP contribution in [0.3, 0.4) is 0 Å². The van der Waals surface area contributed by atoms with Gasteiger partial charge in [-0.15, -0.1) is 0 Å². The van der Waals surface area contributed by atoms with Gasteiger partial charge in [0.15, 0.2) is 0 Å². The van der Waals surface area contributed by atoms with Gasteiger partial charge in [-0.25, -0.2) is 4.39 Å². The van der Waals surface area contributed by atoms with Crippen LogP contribution in [0.2, 0.25) is 0 Å². The van der Waals surface area contributed by atoms with Crippen molar-refractivity contribution in [3.05, 3.63) is 68.9 Å². The van der Waals surface area contributed by atoms with Gasteiger partial charge in [-0.1, -0.05) is 28.1 Å². The number of amides is 3. The van der Waals surface area contributed by atoms with E-state index >= 15 is 0 Å². The number of piperidine rings is 2. The average molecular weight is 528 g/mol. The summed E-state index contributed by atoms with van der Waals surface area (Å²) in [6.07, 6.45) is 3.31. The molecule has 6 nitrogen and oxygen atoms in total. The number of imide groups is 1. The predicted molar refractivity (Wildman–Crippen MR) is 129 cm³/mol. The van der Waals surface area contributed by atoms with Gasteiger partial charge in [0.25, 0.3) is 5.91 Å². The Labute approximate surface area is 206 Å². The number of benzene rings is 2. The number of nitrogens with one attached hydrogen (secondary N) is 1. The van der Waals surface area contributed by atoms with E-state index in [4.69, 9.17) is 0 Å². The minimum atomic E-state index is -0.686. The lowest BCUT2D eigenvalue weighted by atomic mass is 9.85. The second kappa shape index (κ2) is 9.58. The topological polar surface area (TPSA) is 69.7 Å². The average Bonchev–Trinajstić information content (AvgIpc) is 3.14. The molecule has 3 aliphatic rings. The highest BCUT2D eigenvalue weighted by molar-refractivity contribution is 9.10. The summed E-state index contributed by atoms with van der Waals surface area (Å²) in [5, 5.41) is 2.32. The second-order valence-electron chi connectivity index (χ2n) is 9.41. The third-order valence-electron chi connectivity index (χ3n) is 7.31. The number of hydrogen-bond acceptors (Lipinski definition) is 4. The third-order valence-corrected chi connectivity index (χ3v) is 7.84. The summed E-state index contributed by atoms with van der Waals surface area (Å²) in [7, 11) is 0. The highest BCUT2D eigenvalue weighted by atomic mass is 79.9. The molecule has 8 heteroatoms. The molecule has 0 aromatic heterocycles. The molecule has 5 rings (SSSR count). The molecule has 0 saturated carbocycles. The van der Waals surface area contributed by atoms with Crippen LogP contribution in [0.5, 0.6) is 0 Å². The van der Waals surface area contributed by atoms with Crippen molar-refractivity contribution in [1.82, 2.24) is 15.1 Å². The molecule has 2 fully saturated rings. The molecule has 1 N–H and O–H groups in total. The van der Waals surface area contributed by atoms with Gasteiger partial charge in [0.1, 0.15) is 11.9 Å². The van der Waals surface area contributed by atoms with E-state index in [1.165, 1.54) is 16.5 Å². The Bertz CT molecular complexity index is 1130. The Morgan fingerprint density at radius 3 is 2.47 bits per heavy atom. The Morgan fingerprint density at radius 2 is 1.76 bits per heavy atom. The maximum Gasteiger partial charge on any atom is 0.255 e.